The number of carbonyl (C=O) groups is 1. The monoisotopic (exact) mass is 141 g/mol. The summed E-state index contributed by atoms with van der Waals surface area (Å²) in [5.41, 5.74) is 0. The van der Waals surface area contributed by atoms with Crippen LogP contribution in [-0.4, -0.2) is 18.7 Å². The summed E-state index contributed by atoms with van der Waals surface area (Å²) in [6.45, 7) is 0.823. The largest absolute Gasteiger partial charge is 0.446 e. The Labute approximate surface area is 59.7 Å². The van der Waals surface area contributed by atoms with Gasteiger partial charge in [-0.25, -0.2) is 4.79 Å². The Morgan fingerprint density at radius 2 is 2.40 bits per heavy atom. The molecule has 10 heavy (non-hydrogen) atoms. The highest BCUT2D eigenvalue weighted by atomic mass is 16.6. The Hall–Kier alpha value is -0.730. The SMILES string of the molecule is O=C1NC[C@H]2CCC[C@H]2O1. The third kappa shape index (κ3) is 0.856. The number of ether oxygens (including phenoxy) is 1. The Morgan fingerprint density at radius 3 is 3.30 bits per heavy atom. The Kier molecular flexibility index (Phi) is 1.29. The molecule has 0 aromatic rings. The molecule has 1 heterocycles. The molecule has 1 saturated heterocycles. The van der Waals surface area contributed by atoms with Gasteiger partial charge in [0.05, 0.1) is 0 Å². The smallest absolute Gasteiger partial charge is 0.407 e. The average Bonchev–Trinajstić information content (AvgIpc) is 2.33. The molecule has 2 fully saturated rings. The third-order valence-corrected chi connectivity index (χ3v) is 2.36. The summed E-state index contributed by atoms with van der Waals surface area (Å²) >= 11 is 0. The van der Waals surface area contributed by atoms with E-state index in [4.69, 9.17) is 4.74 Å². The topological polar surface area (TPSA) is 38.3 Å². The van der Waals surface area contributed by atoms with Crippen molar-refractivity contribution in [3.63, 3.8) is 0 Å². The molecule has 1 aliphatic heterocycles. The number of alkyl carbamates (subject to hydrolysis) is 1. The van der Waals surface area contributed by atoms with Gasteiger partial charge in [-0.05, 0) is 19.3 Å². The van der Waals surface area contributed by atoms with Crippen LogP contribution in [0.5, 0.6) is 0 Å². The number of carbonyl (C=O) groups excluding carboxylic acids is 1. The van der Waals surface area contributed by atoms with Gasteiger partial charge < -0.3 is 10.1 Å². The molecule has 3 nitrogen and oxygen atoms in total. The van der Waals surface area contributed by atoms with Crippen LogP contribution < -0.4 is 5.32 Å². The van der Waals surface area contributed by atoms with Gasteiger partial charge in [0.1, 0.15) is 6.10 Å². The fourth-order valence-electron chi connectivity index (χ4n) is 1.79. The zero-order valence-corrected chi connectivity index (χ0v) is 5.80. The van der Waals surface area contributed by atoms with Crippen LogP contribution in [0.4, 0.5) is 4.79 Å². The summed E-state index contributed by atoms with van der Waals surface area (Å²) in [5, 5.41) is 2.69. The fraction of sp³-hybridized carbons (Fsp3) is 0.857. The third-order valence-electron chi connectivity index (χ3n) is 2.36. The van der Waals surface area contributed by atoms with E-state index in [-0.39, 0.29) is 12.2 Å². The maximum Gasteiger partial charge on any atom is 0.407 e. The molecule has 1 amide bonds. The van der Waals surface area contributed by atoms with E-state index >= 15 is 0 Å². The van der Waals surface area contributed by atoms with E-state index in [2.05, 4.69) is 5.32 Å². The number of fused-ring (bicyclic) bond motifs is 1. The lowest BCUT2D eigenvalue weighted by atomic mass is 10.1. The van der Waals surface area contributed by atoms with E-state index < -0.39 is 0 Å². The van der Waals surface area contributed by atoms with Crippen molar-refractivity contribution in [1.82, 2.24) is 5.32 Å². The van der Waals surface area contributed by atoms with Crippen molar-refractivity contribution in [1.29, 1.82) is 0 Å². The fourth-order valence-corrected chi connectivity index (χ4v) is 1.79. The van der Waals surface area contributed by atoms with Crippen molar-refractivity contribution in [2.45, 2.75) is 25.4 Å². The number of rotatable bonds is 0. The molecule has 1 aliphatic carbocycles. The Morgan fingerprint density at radius 1 is 1.50 bits per heavy atom. The van der Waals surface area contributed by atoms with Crippen molar-refractivity contribution in [3.8, 4) is 0 Å². The molecule has 2 atom stereocenters. The molecular formula is C7H11NO2. The van der Waals surface area contributed by atoms with E-state index in [1.165, 1.54) is 12.8 Å². The molecular weight excluding hydrogens is 130 g/mol. The van der Waals surface area contributed by atoms with Crippen molar-refractivity contribution in [2.75, 3.05) is 6.54 Å². The lowest BCUT2D eigenvalue weighted by molar-refractivity contribution is 0.0526. The van der Waals surface area contributed by atoms with Gasteiger partial charge in [-0.15, -0.1) is 0 Å². The molecule has 0 aromatic heterocycles. The molecule has 2 rings (SSSR count). The van der Waals surface area contributed by atoms with Crippen LogP contribution in [0, 0.1) is 5.92 Å². The van der Waals surface area contributed by atoms with Crippen LogP contribution in [0.3, 0.4) is 0 Å². The predicted molar refractivity (Wildman–Crippen MR) is 35.6 cm³/mol. The number of nitrogens with one attached hydrogen (secondary N) is 1. The molecule has 2 aliphatic rings. The summed E-state index contributed by atoms with van der Waals surface area (Å²) < 4.78 is 5.06. The van der Waals surface area contributed by atoms with Crippen LogP contribution >= 0.6 is 0 Å². The second-order valence-corrected chi connectivity index (χ2v) is 3.02. The van der Waals surface area contributed by atoms with Crippen molar-refractivity contribution >= 4 is 6.09 Å². The first-order valence-corrected chi connectivity index (χ1v) is 3.81. The van der Waals surface area contributed by atoms with E-state index in [0.29, 0.717) is 5.92 Å². The summed E-state index contributed by atoms with van der Waals surface area (Å²) in [4.78, 5) is 10.7. The molecule has 0 aromatic carbocycles. The lowest BCUT2D eigenvalue weighted by Gasteiger charge is -2.25. The molecule has 1 saturated carbocycles. The van der Waals surface area contributed by atoms with Gasteiger partial charge in [0, 0.05) is 12.5 Å². The maximum absolute atomic E-state index is 10.7. The second kappa shape index (κ2) is 2.15. The Balaban J connectivity index is 2.03. The molecule has 0 unspecified atom stereocenters. The quantitative estimate of drug-likeness (QED) is 0.544. The average molecular weight is 141 g/mol. The van der Waals surface area contributed by atoms with Gasteiger partial charge in [-0.2, -0.15) is 0 Å². The lowest BCUT2D eigenvalue weighted by Crippen LogP contribution is -2.42. The Bertz CT molecular complexity index is 158. The molecule has 1 N–H and O–H groups in total. The zero-order chi connectivity index (χ0) is 6.97. The minimum Gasteiger partial charge on any atom is -0.446 e. The number of hydrogen-bond acceptors (Lipinski definition) is 2. The van der Waals surface area contributed by atoms with E-state index in [0.717, 1.165) is 13.0 Å². The van der Waals surface area contributed by atoms with Gasteiger partial charge in [0.15, 0.2) is 0 Å². The first kappa shape index (κ1) is 6.01. The van der Waals surface area contributed by atoms with Gasteiger partial charge in [0.2, 0.25) is 0 Å². The van der Waals surface area contributed by atoms with E-state index in [1.54, 1.807) is 0 Å². The van der Waals surface area contributed by atoms with Crippen molar-refractivity contribution < 1.29 is 9.53 Å². The highest BCUT2D eigenvalue weighted by Crippen LogP contribution is 2.29. The van der Waals surface area contributed by atoms with Crippen LogP contribution in [0.1, 0.15) is 19.3 Å². The maximum atomic E-state index is 10.7. The van der Waals surface area contributed by atoms with Gasteiger partial charge in [-0.3, -0.25) is 0 Å². The molecule has 56 valence electrons. The van der Waals surface area contributed by atoms with Crippen molar-refractivity contribution in [3.05, 3.63) is 0 Å². The molecule has 0 bridgehead atoms. The highest BCUT2D eigenvalue weighted by Gasteiger charge is 2.33. The second-order valence-electron chi connectivity index (χ2n) is 3.02. The van der Waals surface area contributed by atoms with Crippen LogP contribution in [0.25, 0.3) is 0 Å². The van der Waals surface area contributed by atoms with E-state index in [1.807, 2.05) is 0 Å². The standard InChI is InChI=1S/C7H11NO2/c9-7-8-4-5-2-1-3-6(5)10-7/h5-6H,1-4H2,(H,8,9)/t5-,6-/m1/s1. The van der Waals surface area contributed by atoms with E-state index in [9.17, 15) is 4.79 Å². The zero-order valence-electron chi connectivity index (χ0n) is 5.80. The van der Waals surface area contributed by atoms with Gasteiger partial charge in [-0.1, -0.05) is 0 Å². The molecule has 3 heteroatoms. The van der Waals surface area contributed by atoms with Gasteiger partial charge in [0.25, 0.3) is 0 Å². The summed E-state index contributed by atoms with van der Waals surface area (Å²) in [6.07, 6.45) is 3.49. The highest BCUT2D eigenvalue weighted by molar-refractivity contribution is 5.68. The number of hydrogen-bond donors (Lipinski definition) is 1. The number of amides is 1. The van der Waals surface area contributed by atoms with Crippen LogP contribution in [0.15, 0.2) is 0 Å². The summed E-state index contributed by atoms with van der Waals surface area (Å²) in [6, 6.07) is 0. The minimum atomic E-state index is -0.233. The first-order chi connectivity index (χ1) is 4.86. The minimum absolute atomic E-state index is 0.230. The van der Waals surface area contributed by atoms with Crippen molar-refractivity contribution in [2.24, 2.45) is 5.92 Å². The van der Waals surface area contributed by atoms with Crippen LogP contribution in [0.2, 0.25) is 0 Å². The normalized spacial score (nSPS) is 38.2. The first-order valence-electron chi connectivity index (χ1n) is 3.81. The molecule has 0 radical (unpaired) electrons. The summed E-state index contributed by atoms with van der Waals surface area (Å²) in [7, 11) is 0. The summed E-state index contributed by atoms with van der Waals surface area (Å²) in [5.74, 6) is 0.595. The predicted octanol–water partition coefficient (Wildman–Crippen LogP) is 0.895. The molecule has 0 spiro atoms. The van der Waals surface area contributed by atoms with Crippen LogP contribution in [-0.2, 0) is 4.74 Å². The van der Waals surface area contributed by atoms with Gasteiger partial charge >= 0.3 is 6.09 Å².